The summed E-state index contributed by atoms with van der Waals surface area (Å²) in [5.74, 6) is -0.0596. The van der Waals surface area contributed by atoms with Gasteiger partial charge in [0, 0.05) is 19.5 Å². The Balaban J connectivity index is 1.61. The Bertz CT molecular complexity index is 962. The van der Waals surface area contributed by atoms with Gasteiger partial charge in [-0.2, -0.15) is 0 Å². The Morgan fingerprint density at radius 3 is 2.19 bits per heavy atom. The molecule has 2 aromatic carbocycles. The van der Waals surface area contributed by atoms with Crippen LogP contribution in [0.4, 0.5) is 13.2 Å². The van der Waals surface area contributed by atoms with Crippen molar-refractivity contribution in [3.05, 3.63) is 54.1 Å². The molecule has 0 atom stereocenters. The lowest BCUT2D eigenvalue weighted by Crippen LogP contribution is -2.31. The largest absolute Gasteiger partial charge is 0.573 e. The van der Waals surface area contributed by atoms with Crippen LogP contribution in [0.5, 0.6) is 11.5 Å². The molecular formula is C21H25F3N2O5S. The van der Waals surface area contributed by atoms with Crippen molar-refractivity contribution >= 4 is 15.9 Å². The van der Waals surface area contributed by atoms with Crippen molar-refractivity contribution in [2.75, 3.05) is 19.7 Å². The van der Waals surface area contributed by atoms with Crippen molar-refractivity contribution in [1.82, 2.24) is 10.0 Å². The second-order valence-corrected chi connectivity index (χ2v) is 8.65. The summed E-state index contributed by atoms with van der Waals surface area (Å²) < 4.78 is 72.3. The van der Waals surface area contributed by atoms with Crippen LogP contribution >= 0.6 is 0 Å². The number of hydrogen-bond acceptors (Lipinski definition) is 5. The molecule has 0 spiro atoms. The molecule has 0 aliphatic heterocycles. The van der Waals surface area contributed by atoms with Crippen LogP contribution < -0.4 is 19.5 Å². The van der Waals surface area contributed by atoms with Gasteiger partial charge in [-0.3, -0.25) is 4.79 Å². The molecule has 0 aliphatic rings. The maximum absolute atomic E-state index is 12.2. The molecule has 176 valence electrons. The van der Waals surface area contributed by atoms with Crippen LogP contribution in [0.1, 0.15) is 24.8 Å². The molecule has 7 nitrogen and oxygen atoms in total. The average molecular weight is 475 g/mol. The van der Waals surface area contributed by atoms with E-state index in [0.29, 0.717) is 19.6 Å². The molecule has 0 aromatic heterocycles. The fraction of sp³-hybridized carbons (Fsp3) is 0.381. The van der Waals surface area contributed by atoms with Crippen LogP contribution in [0.3, 0.4) is 0 Å². The van der Waals surface area contributed by atoms with E-state index in [1.165, 1.54) is 0 Å². The van der Waals surface area contributed by atoms with Crippen LogP contribution in [-0.2, 0) is 14.8 Å². The van der Waals surface area contributed by atoms with Crippen LogP contribution in [0.2, 0.25) is 0 Å². The number of unbranched alkanes of at least 4 members (excludes halogenated alkanes) is 1. The number of halogens is 3. The molecule has 1 amide bonds. The van der Waals surface area contributed by atoms with Crippen molar-refractivity contribution in [3.8, 4) is 11.5 Å². The van der Waals surface area contributed by atoms with Gasteiger partial charge in [-0.25, -0.2) is 13.1 Å². The zero-order chi connectivity index (χ0) is 23.6. The van der Waals surface area contributed by atoms with E-state index in [-0.39, 0.29) is 23.8 Å². The highest BCUT2D eigenvalue weighted by Gasteiger charge is 2.31. The third-order valence-electron chi connectivity index (χ3n) is 4.19. The van der Waals surface area contributed by atoms with Gasteiger partial charge in [0.05, 0.1) is 11.5 Å². The number of rotatable bonds is 12. The van der Waals surface area contributed by atoms with Crippen LogP contribution in [0, 0.1) is 6.92 Å². The number of carbonyl (C=O) groups is 1. The minimum absolute atomic E-state index is 0.0750. The highest BCUT2D eigenvalue weighted by molar-refractivity contribution is 7.89. The van der Waals surface area contributed by atoms with Gasteiger partial charge >= 0.3 is 6.36 Å². The summed E-state index contributed by atoms with van der Waals surface area (Å²) >= 11 is 0. The molecule has 0 bridgehead atoms. The van der Waals surface area contributed by atoms with Crippen molar-refractivity contribution < 1.29 is 35.9 Å². The maximum Gasteiger partial charge on any atom is 0.573 e. The lowest BCUT2D eigenvalue weighted by molar-refractivity contribution is -0.274. The molecule has 0 unspecified atom stereocenters. The summed E-state index contributed by atoms with van der Waals surface area (Å²) in [5.41, 5.74) is 1.15. The monoisotopic (exact) mass is 474 g/mol. The first-order valence-electron chi connectivity index (χ1n) is 9.87. The van der Waals surface area contributed by atoms with E-state index in [0.717, 1.165) is 42.0 Å². The quantitative estimate of drug-likeness (QED) is 0.459. The predicted octanol–water partition coefficient (Wildman–Crippen LogP) is 3.54. The lowest BCUT2D eigenvalue weighted by atomic mass is 10.2. The number of carbonyl (C=O) groups excluding carboxylic acids is 1. The van der Waals surface area contributed by atoms with E-state index >= 15 is 0 Å². The van der Waals surface area contributed by atoms with Crippen LogP contribution in [0.25, 0.3) is 0 Å². The Hall–Kier alpha value is -2.79. The number of sulfonamides is 1. The van der Waals surface area contributed by atoms with Crippen molar-refractivity contribution in [2.45, 2.75) is 37.4 Å². The van der Waals surface area contributed by atoms with Crippen LogP contribution in [-0.4, -0.2) is 40.4 Å². The first-order chi connectivity index (χ1) is 15.0. The molecule has 0 saturated carbocycles. The Morgan fingerprint density at radius 1 is 0.938 bits per heavy atom. The highest BCUT2D eigenvalue weighted by Crippen LogP contribution is 2.23. The standard InChI is InChI=1S/C21H25F3N2O5S/c1-16-4-6-17(7-5-16)30-15-3-2-13-25-20(27)12-14-26-32(28,29)19-10-8-18(9-11-19)31-21(22,23)24/h4-11,26H,2-3,12-15H2,1H3,(H,25,27). The van der Waals surface area contributed by atoms with Gasteiger partial charge in [0.2, 0.25) is 15.9 Å². The molecule has 11 heteroatoms. The Kier molecular flexibility index (Phi) is 9.33. The molecule has 32 heavy (non-hydrogen) atoms. The zero-order valence-corrected chi connectivity index (χ0v) is 18.3. The second kappa shape index (κ2) is 11.7. The van der Waals surface area contributed by atoms with Gasteiger partial charge in [-0.15, -0.1) is 13.2 Å². The zero-order valence-electron chi connectivity index (χ0n) is 17.4. The fourth-order valence-corrected chi connectivity index (χ4v) is 3.60. The van der Waals surface area contributed by atoms with Gasteiger partial charge in [0.25, 0.3) is 0 Å². The molecule has 0 fully saturated rings. The van der Waals surface area contributed by atoms with E-state index in [1.807, 2.05) is 31.2 Å². The van der Waals surface area contributed by atoms with Crippen LogP contribution in [0.15, 0.2) is 53.4 Å². The van der Waals surface area contributed by atoms with E-state index in [9.17, 15) is 26.4 Å². The summed E-state index contributed by atoms with van der Waals surface area (Å²) in [6.45, 7) is 2.80. The Morgan fingerprint density at radius 2 is 1.56 bits per heavy atom. The van der Waals surface area contributed by atoms with Gasteiger partial charge in [-0.05, 0) is 56.2 Å². The predicted molar refractivity (Wildman–Crippen MR) is 112 cm³/mol. The van der Waals surface area contributed by atoms with E-state index in [1.54, 1.807) is 0 Å². The first kappa shape index (κ1) is 25.5. The summed E-state index contributed by atoms with van der Waals surface area (Å²) in [5, 5.41) is 2.69. The molecule has 2 rings (SSSR count). The number of benzene rings is 2. The molecule has 2 N–H and O–H groups in total. The third-order valence-corrected chi connectivity index (χ3v) is 5.67. The van der Waals surface area contributed by atoms with Gasteiger partial charge in [0.1, 0.15) is 11.5 Å². The summed E-state index contributed by atoms with van der Waals surface area (Å²) in [6.07, 6.45) is -3.49. The molecule has 0 radical (unpaired) electrons. The number of amides is 1. The van der Waals surface area contributed by atoms with E-state index in [4.69, 9.17) is 4.74 Å². The summed E-state index contributed by atoms with van der Waals surface area (Å²) in [4.78, 5) is 11.6. The molecular weight excluding hydrogens is 449 g/mol. The topological polar surface area (TPSA) is 93.7 Å². The summed E-state index contributed by atoms with van der Waals surface area (Å²) in [6, 6.07) is 11.5. The minimum atomic E-state index is -4.86. The van der Waals surface area contributed by atoms with Crippen molar-refractivity contribution in [3.63, 3.8) is 0 Å². The first-order valence-corrected chi connectivity index (χ1v) is 11.4. The molecule has 0 heterocycles. The SMILES string of the molecule is Cc1ccc(OCCCCNC(=O)CCNS(=O)(=O)c2ccc(OC(F)(F)F)cc2)cc1. The number of nitrogens with one attached hydrogen (secondary N) is 2. The van der Waals surface area contributed by atoms with Crippen molar-refractivity contribution in [1.29, 1.82) is 0 Å². The molecule has 0 saturated heterocycles. The smallest absolute Gasteiger partial charge is 0.494 e. The van der Waals surface area contributed by atoms with E-state index in [2.05, 4.69) is 14.8 Å². The average Bonchev–Trinajstić information content (AvgIpc) is 2.71. The van der Waals surface area contributed by atoms with Crippen molar-refractivity contribution in [2.24, 2.45) is 0 Å². The summed E-state index contributed by atoms with van der Waals surface area (Å²) in [7, 11) is -3.96. The number of aryl methyl sites for hydroxylation is 1. The van der Waals surface area contributed by atoms with E-state index < -0.39 is 22.1 Å². The third kappa shape index (κ3) is 9.56. The molecule has 0 aliphatic carbocycles. The lowest BCUT2D eigenvalue weighted by Gasteiger charge is -2.10. The maximum atomic E-state index is 12.2. The van der Waals surface area contributed by atoms with Gasteiger partial charge < -0.3 is 14.8 Å². The second-order valence-electron chi connectivity index (χ2n) is 6.89. The van der Waals surface area contributed by atoms with Gasteiger partial charge in [0.15, 0.2) is 0 Å². The number of alkyl halides is 3. The molecule has 2 aromatic rings. The highest BCUT2D eigenvalue weighted by atomic mass is 32.2. The minimum Gasteiger partial charge on any atom is -0.494 e. The number of hydrogen-bond donors (Lipinski definition) is 2. The Labute approximate surface area is 185 Å². The number of ether oxygens (including phenoxy) is 2. The fourth-order valence-electron chi connectivity index (χ4n) is 2.57. The normalized spacial score (nSPS) is 11.8. The van der Waals surface area contributed by atoms with Gasteiger partial charge in [-0.1, -0.05) is 17.7 Å².